The van der Waals surface area contributed by atoms with E-state index in [1.807, 2.05) is 97.1 Å². The van der Waals surface area contributed by atoms with Gasteiger partial charge in [0.15, 0.2) is 0 Å². The summed E-state index contributed by atoms with van der Waals surface area (Å²) in [5, 5.41) is 12.0. The standard InChI is InChI=1S/C30H28N2O3S/c33-29(34)21-24-16-18-27(19-17-24)36-28-15-7-14-26(22-28)32(20-8-11-23-9-3-1-4-10-23)30(35)31-25-12-5-2-6-13-25/h1-7,9-10,12-19,22H,8,11,20-21H2,(H,31,35)(H,33,34). The van der Waals surface area contributed by atoms with Crippen LogP contribution in [0.15, 0.2) is 119 Å². The number of aliphatic carboxylic acids is 1. The molecule has 0 unspecified atom stereocenters. The lowest BCUT2D eigenvalue weighted by atomic mass is 10.1. The number of carbonyl (C=O) groups excluding carboxylic acids is 1. The predicted molar refractivity (Wildman–Crippen MR) is 146 cm³/mol. The summed E-state index contributed by atoms with van der Waals surface area (Å²) in [5.41, 5.74) is 3.59. The predicted octanol–water partition coefficient (Wildman–Crippen LogP) is 7.14. The van der Waals surface area contributed by atoms with E-state index in [9.17, 15) is 9.59 Å². The molecule has 0 saturated carbocycles. The van der Waals surface area contributed by atoms with E-state index in [0.29, 0.717) is 6.54 Å². The number of hydrogen-bond acceptors (Lipinski definition) is 3. The van der Waals surface area contributed by atoms with E-state index in [-0.39, 0.29) is 12.5 Å². The average molecular weight is 497 g/mol. The Bertz CT molecular complexity index is 1280. The summed E-state index contributed by atoms with van der Waals surface area (Å²) >= 11 is 1.58. The van der Waals surface area contributed by atoms with Gasteiger partial charge in [-0.1, -0.05) is 78.5 Å². The van der Waals surface area contributed by atoms with Crippen LogP contribution in [0.25, 0.3) is 0 Å². The van der Waals surface area contributed by atoms with Crippen molar-refractivity contribution < 1.29 is 14.7 Å². The molecule has 0 bridgehead atoms. The molecular formula is C30H28N2O3S. The van der Waals surface area contributed by atoms with Gasteiger partial charge in [0.1, 0.15) is 0 Å². The Labute approximate surface area is 215 Å². The number of carboxylic acids is 1. The van der Waals surface area contributed by atoms with Gasteiger partial charge in [0.2, 0.25) is 0 Å². The maximum Gasteiger partial charge on any atom is 0.326 e. The van der Waals surface area contributed by atoms with Gasteiger partial charge in [-0.25, -0.2) is 4.79 Å². The molecular weight excluding hydrogens is 468 g/mol. The number of benzene rings is 4. The van der Waals surface area contributed by atoms with Crippen molar-refractivity contribution in [3.63, 3.8) is 0 Å². The molecule has 0 aromatic heterocycles. The second kappa shape index (κ2) is 12.6. The van der Waals surface area contributed by atoms with Gasteiger partial charge in [-0.05, 0) is 66.4 Å². The van der Waals surface area contributed by atoms with E-state index >= 15 is 0 Å². The minimum absolute atomic E-state index is 0.00883. The van der Waals surface area contributed by atoms with Gasteiger partial charge in [0, 0.05) is 27.7 Å². The smallest absolute Gasteiger partial charge is 0.326 e. The Morgan fingerprint density at radius 3 is 2.14 bits per heavy atom. The number of anilines is 2. The minimum Gasteiger partial charge on any atom is -0.481 e. The summed E-state index contributed by atoms with van der Waals surface area (Å²) in [5.74, 6) is -0.843. The van der Waals surface area contributed by atoms with Crippen LogP contribution in [0, 0.1) is 0 Å². The lowest BCUT2D eigenvalue weighted by molar-refractivity contribution is -0.136. The number of amides is 2. The Kier molecular flexibility index (Phi) is 8.78. The molecule has 4 rings (SSSR count). The summed E-state index contributed by atoms with van der Waals surface area (Å²) in [7, 11) is 0. The van der Waals surface area contributed by atoms with Crippen molar-refractivity contribution in [3.8, 4) is 0 Å². The second-order valence-corrected chi connectivity index (χ2v) is 9.50. The number of nitrogens with one attached hydrogen (secondary N) is 1. The zero-order chi connectivity index (χ0) is 25.2. The molecule has 6 heteroatoms. The highest BCUT2D eigenvalue weighted by molar-refractivity contribution is 7.99. The molecule has 5 nitrogen and oxygen atoms in total. The first-order valence-corrected chi connectivity index (χ1v) is 12.6. The van der Waals surface area contributed by atoms with E-state index in [0.717, 1.165) is 39.6 Å². The summed E-state index contributed by atoms with van der Waals surface area (Å²) in [6.45, 7) is 0.575. The largest absolute Gasteiger partial charge is 0.481 e. The van der Waals surface area contributed by atoms with E-state index in [2.05, 4.69) is 17.4 Å². The van der Waals surface area contributed by atoms with Crippen LogP contribution in [0.2, 0.25) is 0 Å². The van der Waals surface area contributed by atoms with Crippen LogP contribution in [0.3, 0.4) is 0 Å². The second-order valence-electron chi connectivity index (χ2n) is 8.35. The molecule has 0 spiro atoms. The molecule has 0 radical (unpaired) electrons. The Hall–Kier alpha value is -4.03. The number of carbonyl (C=O) groups is 2. The average Bonchev–Trinajstić information content (AvgIpc) is 2.89. The molecule has 0 heterocycles. The van der Waals surface area contributed by atoms with Gasteiger partial charge in [-0.2, -0.15) is 0 Å². The van der Waals surface area contributed by atoms with E-state index in [4.69, 9.17) is 5.11 Å². The highest BCUT2D eigenvalue weighted by Gasteiger charge is 2.16. The number of carboxylic acid groups (broad SMARTS) is 1. The van der Waals surface area contributed by atoms with Crippen molar-refractivity contribution in [3.05, 3.63) is 120 Å². The van der Waals surface area contributed by atoms with Crippen LogP contribution >= 0.6 is 11.8 Å². The third-order valence-corrected chi connectivity index (χ3v) is 6.60. The summed E-state index contributed by atoms with van der Waals surface area (Å²) in [4.78, 5) is 28.0. The number of nitrogens with zero attached hydrogens (tertiary/aromatic N) is 1. The fraction of sp³-hybridized carbons (Fsp3) is 0.133. The highest BCUT2D eigenvalue weighted by Crippen LogP contribution is 2.31. The maximum atomic E-state index is 13.3. The molecule has 2 N–H and O–H groups in total. The molecule has 2 amide bonds. The molecule has 0 fully saturated rings. The molecule has 36 heavy (non-hydrogen) atoms. The Morgan fingerprint density at radius 2 is 1.44 bits per heavy atom. The first kappa shape index (κ1) is 25.1. The molecule has 0 aliphatic rings. The Morgan fingerprint density at radius 1 is 0.750 bits per heavy atom. The van der Waals surface area contributed by atoms with Gasteiger partial charge < -0.3 is 10.4 Å². The number of hydrogen-bond donors (Lipinski definition) is 2. The van der Waals surface area contributed by atoms with Crippen molar-refractivity contribution in [2.75, 3.05) is 16.8 Å². The van der Waals surface area contributed by atoms with E-state index in [1.54, 1.807) is 16.7 Å². The molecule has 182 valence electrons. The SMILES string of the molecule is O=C(O)Cc1ccc(Sc2cccc(N(CCCc3ccccc3)C(=O)Nc3ccccc3)c2)cc1. The molecule has 0 saturated heterocycles. The summed E-state index contributed by atoms with van der Waals surface area (Å²) in [6, 6.07) is 35.0. The van der Waals surface area contributed by atoms with Crippen molar-refractivity contribution in [2.24, 2.45) is 0 Å². The number of urea groups is 1. The van der Waals surface area contributed by atoms with Crippen LogP contribution in [0.1, 0.15) is 17.5 Å². The molecule has 0 aliphatic heterocycles. The molecule has 0 aliphatic carbocycles. The summed E-state index contributed by atoms with van der Waals surface area (Å²) < 4.78 is 0. The van der Waals surface area contributed by atoms with Crippen molar-refractivity contribution in [1.82, 2.24) is 0 Å². The monoisotopic (exact) mass is 496 g/mol. The third kappa shape index (κ3) is 7.48. The van der Waals surface area contributed by atoms with Crippen LogP contribution < -0.4 is 10.2 Å². The van der Waals surface area contributed by atoms with Crippen LogP contribution in [-0.2, 0) is 17.6 Å². The zero-order valence-electron chi connectivity index (χ0n) is 19.8. The lowest BCUT2D eigenvalue weighted by Gasteiger charge is -2.24. The normalized spacial score (nSPS) is 10.6. The fourth-order valence-corrected chi connectivity index (χ4v) is 4.72. The Balaban J connectivity index is 1.50. The van der Waals surface area contributed by atoms with Gasteiger partial charge >= 0.3 is 12.0 Å². The number of rotatable bonds is 10. The van der Waals surface area contributed by atoms with Crippen LogP contribution in [-0.4, -0.2) is 23.7 Å². The quantitative estimate of drug-likeness (QED) is 0.245. The van der Waals surface area contributed by atoms with Gasteiger partial charge in [-0.3, -0.25) is 9.69 Å². The van der Waals surface area contributed by atoms with Gasteiger partial charge in [0.25, 0.3) is 0 Å². The fourth-order valence-electron chi connectivity index (χ4n) is 3.85. The molecule has 4 aromatic rings. The van der Waals surface area contributed by atoms with Crippen molar-refractivity contribution >= 4 is 35.1 Å². The van der Waals surface area contributed by atoms with Gasteiger partial charge in [0.05, 0.1) is 6.42 Å². The zero-order valence-corrected chi connectivity index (χ0v) is 20.7. The number of para-hydroxylation sites is 1. The molecule has 4 aromatic carbocycles. The van der Waals surface area contributed by atoms with Crippen molar-refractivity contribution in [2.45, 2.75) is 29.1 Å². The minimum atomic E-state index is -0.843. The van der Waals surface area contributed by atoms with Crippen molar-refractivity contribution in [1.29, 1.82) is 0 Å². The highest BCUT2D eigenvalue weighted by atomic mass is 32.2. The van der Waals surface area contributed by atoms with E-state index in [1.165, 1.54) is 5.56 Å². The summed E-state index contributed by atoms with van der Waals surface area (Å²) in [6.07, 6.45) is 1.72. The lowest BCUT2D eigenvalue weighted by Crippen LogP contribution is -2.36. The van der Waals surface area contributed by atoms with E-state index < -0.39 is 5.97 Å². The third-order valence-electron chi connectivity index (χ3n) is 5.60. The first-order valence-electron chi connectivity index (χ1n) is 11.8. The first-order chi connectivity index (χ1) is 17.6. The van der Waals surface area contributed by atoms with Gasteiger partial charge in [-0.15, -0.1) is 0 Å². The number of aryl methyl sites for hydroxylation is 1. The van der Waals surface area contributed by atoms with Crippen LogP contribution in [0.5, 0.6) is 0 Å². The topological polar surface area (TPSA) is 69.6 Å². The molecule has 0 atom stereocenters. The van der Waals surface area contributed by atoms with Crippen LogP contribution in [0.4, 0.5) is 16.2 Å². The maximum absolute atomic E-state index is 13.3.